The Morgan fingerprint density at radius 1 is 0.944 bits per heavy atom. The minimum Gasteiger partial charge on any atom is -0.494 e. The third kappa shape index (κ3) is 6.53. The Kier molecular flexibility index (Phi) is 8.08. The fraction of sp³-hybridized carbons (Fsp3) is 0.414. The molecule has 1 saturated heterocycles. The minimum atomic E-state index is -0.207. The van der Waals surface area contributed by atoms with Gasteiger partial charge in [-0.2, -0.15) is 0 Å². The highest BCUT2D eigenvalue weighted by atomic mass is 16.5. The molecule has 0 saturated carbocycles. The van der Waals surface area contributed by atoms with Crippen molar-refractivity contribution in [3.05, 3.63) is 54.1 Å². The Balaban J connectivity index is 1.34. The third-order valence-electron chi connectivity index (χ3n) is 6.51. The van der Waals surface area contributed by atoms with Gasteiger partial charge in [0.25, 0.3) is 0 Å². The van der Waals surface area contributed by atoms with Gasteiger partial charge < -0.3 is 20.3 Å². The van der Waals surface area contributed by atoms with Gasteiger partial charge >= 0.3 is 0 Å². The molecule has 1 aromatic heterocycles. The molecular weight excluding hydrogens is 452 g/mol. The molecule has 0 radical (unpaired) electrons. The van der Waals surface area contributed by atoms with Gasteiger partial charge in [-0.25, -0.2) is 4.98 Å². The molecule has 190 valence electrons. The second-order valence-corrected chi connectivity index (χ2v) is 9.93. The highest BCUT2D eigenvalue weighted by Crippen LogP contribution is 2.29. The largest absolute Gasteiger partial charge is 0.494 e. The molecule has 1 aliphatic heterocycles. The average Bonchev–Trinajstić information content (AvgIpc) is 2.84. The van der Waals surface area contributed by atoms with Gasteiger partial charge in [0.1, 0.15) is 11.6 Å². The second-order valence-electron chi connectivity index (χ2n) is 9.93. The number of nitrogens with one attached hydrogen (secondary N) is 2. The first-order valence-corrected chi connectivity index (χ1v) is 12.8. The Labute approximate surface area is 213 Å². The van der Waals surface area contributed by atoms with Crippen LogP contribution in [0.4, 0.5) is 17.2 Å². The Morgan fingerprint density at radius 3 is 2.19 bits per heavy atom. The SMILES string of the molecule is CCOc1ccc(NC(=O)CCC(=O)Nc2ccc3nc(N4CC(C)CC(C)C4)cc(C)c3c2)cc1. The molecule has 2 unspecified atom stereocenters. The van der Waals surface area contributed by atoms with Crippen molar-refractivity contribution in [2.24, 2.45) is 11.8 Å². The second kappa shape index (κ2) is 11.4. The number of nitrogens with zero attached hydrogens (tertiary/aromatic N) is 2. The Morgan fingerprint density at radius 2 is 1.56 bits per heavy atom. The third-order valence-corrected chi connectivity index (χ3v) is 6.51. The molecule has 1 fully saturated rings. The molecule has 2 aromatic carbocycles. The number of pyridine rings is 1. The molecule has 4 rings (SSSR count). The van der Waals surface area contributed by atoms with E-state index in [0.717, 1.165) is 41.1 Å². The van der Waals surface area contributed by atoms with Gasteiger partial charge in [0.2, 0.25) is 11.8 Å². The zero-order valence-electron chi connectivity index (χ0n) is 21.6. The summed E-state index contributed by atoms with van der Waals surface area (Å²) in [5.74, 6) is 2.69. The van der Waals surface area contributed by atoms with Crippen molar-refractivity contribution in [2.75, 3.05) is 35.2 Å². The molecule has 2 heterocycles. The van der Waals surface area contributed by atoms with Gasteiger partial charge in [-0.1, -0.05) is 13.8 Å². The van der Waals surface area contributed by atoms with Gasteiger partial charge in [-0.3, -0.25) is 9.59 Å². The molecule has 36 heavy (non-hydrogen) atoms. The standard InChI is InChI=1S/C29H36N4O3/c1-5-36-24-9-6-22(7-10-24)30-28(34)12-13-29(35)31-23-8-11-26-25(16-23)21(4)15-27(32-26)33-17-19(2)14-20(3)18-33/h6-11,15-16,19-20H,5,12-14,17-18H2,1-4H3,(H,30,34)(H,31,35). The lowest BCUT2D eigenvalue weighted by Gasteiger charge is -2.36. The van der Waals surface area contributed by atoms with Crippen LogP contribution in [-0.2, 0) is 9.59 Å². The molecule has 2 N–H and O–H groups in total. The summed E-state index contributed by atoms with van der Waals surface area (Å²) in [7, 11) is 0. The number of hydrogen-bond acceptors (Lipinski definition) is 5. The summed E-state index contributed by atoms with van der Waals surface area (Å²) in [5.41, 5.74) is 3.43. The van der Waals surface area contributed by atoms with Crippen molar-refractivity contribution in [1.29, 1.82) is 0 Å². The highest BCUT2D eigenvalue weighted by molar-refractivity contribution is 5.98. The number of piperidine rings is 1. The Hall–Kier alpha value is -3.61. The number of carbonyl (C=O) groups excluding carboxylic acids is 2. The van der Waals surface area contributed by atoms with E-state index in [2.05, 4.69) is 42.4 Å². The van der Waals surface area contributed by atoms with Crippen LogP contribution in [0.25, 0.3) is 10.9 Å². The van der Waals surface area contributed by atoms with Crippen molar-refractivity contribution in [1.82, 2.24) is 4.98 Å². The molecule has 2 atom stereocenters. The number of amides is 2. The number of anilines is 3. The van der Waals surface area contributed by atoms with E-state index in [1.54, 1.807) is 24.3 Å². The molecule has 2 amide bonds. The number of fused-ring (bicyclic) bond motifs is 1. The van der Waals surface area contributed by atoms with Crippen LogP contribution in [0.3, 0.4) is 0 Å². The lowest BCUT2D eigenvalue weighted by Crippen LogP contribution is -2.39. The highest BCUT2D eigenvalue weighted by Gasteiger charge is 2.23. The average molecular weight is 489 g/mol. The molecule has 0 bridgehead atoms. The summed E-state index contributed by atoms with van der Waals surface area (Å²) >= 11 is 0. The number of aromatic nitrogens is 1. The fourth-order valence-corrected chi connectivity index (χ4v) is 4.94. The predicted molar refractivity (Wildman–Crippen MR) is 146 cm³/mol. The molecule has 7 heteroatoms. The molecule has 3 aromatic rings. The first-order valence-electron chi connectivity index (χ1n) is 12.8. The van der Waals surface area contributed by atoms with Crippen LogP contribution in [0.1, 0.15) is 45.6 Å². The summed E-state index contributed by atoms with van der Waals surface area (Å²) in [6.07, 6.45) is 1.46. The molecular formula is C29H36N4O3. The van der Waals surface area contributed by atoms with Crippen molar-refractivity contribution in [3.63, 3.8) is 0 Å². The molecule has 0 aliphatic carbocycles. The van der Waals surface area contributed by atoms with Crippen molar-refractivity contribution in [3.8, 4) is 5.75 Å². The quantitative estimate of drug-likeness (QED) is 0.420. The maximum Gasteiger partial charge on any atom is 0.224 e. The van der Waals surface area contributed by atoms with Crippen molar-refractivity contribution < 1.29 is 14.3 Å². The van der Waals surface area contributed by atoms with Gasteiger partial charge in [-0.15, -0.1) is 0 Å². The predicted octanol–water partition coefficient (Wildman–Crippen LogP) is 5.78. The summed E-state index contributed by atoms with van der Waals surface area (Å²) in [6, 6.07) is 15.1. The molecule has 1 aliphatic rings. The summed E-state index contributed by atoms with van der Waals surface area (Å²) in [5, 5.41) is 6.75. The fourth-order valence-electron chi connectivity index (χ4n) is 4.94. The smallest absolute Gasteiger partial charge is 0.224 e. The van der Waals surface area contributed by atoms with Gasteiger partial charge in [0, 0.05) is 42.7 Å². The van der Waals surface area contributed by atoms with E-state index in [4.69, 9.17) is 9.72 Å². The van der Waals surface area contributed by atoms with Gasteiger partial charge in [0.15, 0.2) is 0 Å². The van der Waals surface area contributed by atoms with Gasteiger partial charge in [0.05, 0.1) is 12.1 Å². The maximum absolute atomic E-state index is 12.5. The lowest BCUT2D eigenvalue weighted by atomic mass is 9.92. The lowest BCUT2D eigenvalue weighted by molar-refractivity contribution is -0.121. The number of aryl methyl sites for hydroxylation is 1. The zero-order valence-corrected chi connectivity index (χ0v) is 21.6. The van der Waals surface area contributed by atoms with Crippen LogP contribution in [-0.4, -0.2) is 36.5 Å². The van der Waals surface area contributed by atoms with Crippen molar-refractivity contribution >= 4 is 39.9 Å². The van der Waals surface area contributed by atoms with E-state index in [1.807, 2.05) is 25.1 Å². The molecule has 0 spiro atoms. The van der Waals surface area contributed by atoms with Gasteiger partial charge in [-0.05, 0) is 86.2 Å². The van der Waals surface area contributed by atoms with Crippen LogP contribution in [0.5, 0.6) is 5.75 Å². The van der Waals surface area contributed by atoms with E-state index in [9.17, 15) is 9.59 Å². The van der Waals surface area contributed by atoms with E-state index < -0.39 is 0 Å². The van der Waals surface area contributed by atoms with Crippen LogP contribution in [0, 0.1) is 18.8 Å². The van der Waals surface area contributed by atoms with E-state index in [-0.39, 0.29) is 24.7 Å². The van der Waals surface area contributed by atoms with Crippen LogP contribution < -0.4 is 20.3 Å². The number of ether oxygens (including phenoxy) is 1. The zero-order chi connectivity index (χ0) is 25.7. The first-order chi connectivity index (χ1) is 17.3. The van der Waals surface area contributed by atoms with E-state index in [0.29, 0.717) is 29.8 Å². The maximum atomic E-state index is 12.5. The molecule has 7 nitrogen and oxygen atoms in total. The van der Waals surface area contributed by atoms with E-state index in [1.165, 1.54) is 6.42 Å². The van der Waals surface area contributed by atoms with Crippen LogP contribution >= 0.6 is 0 Å². The topological polar surface area (TPSA) is 83.6 Å². The summed E-state index contributed by atoms with van der Waals surface area (Å²) in [6.45, 7) is 11.3. The Bertz CT molecular complexity index is 1220. The first kappa shape index (κ1) is 25.5. The number of benzene rings is 2. The normalized spacial score (nSPS) is 17.6. The number of carbonyl (C=O) groups is 2. The number of rotatable bonds is 8. The summed E-state index contributed by atoms with van der Waals surface area (Å²) < 4.78 is 5.40. The van der Waals surface area contributed by atoms with Crippen LogP contribution in [0.15, 0.2) is 48.5 Å². The summed E-state index contributed by atoms with van der Waals surface area (Å²) in [4.78, 5) is 32.1. The van der Waals surface area contributed by atoms with E-state index >= 15 is 0 Å². The van der Waals surface area contributed by atoms with Crippen LogP contribution in [0.2, 0.25) is 0 Å². The minimum absolute atomic E-state index is 0.0996. The van der Waals surface area contributed by atoms with Crippen molar-refractivity contribution in [2.45, 2.75) is 47.0 Å². The number of hydrogen-bond donors (Lipinski definition) is 2. The monoisotopic (exact) mass is 488 g/mol.